The quantitative estimate of drug-likeness (QED) is 0.247. The van der Waals surface area contributed by atoms with Gasteiger partial charge in [0.05, 0.1) is 37.1 Å². The van der Waals surface area contributed by atoms with Gasteiger partial charge in [-0.15, -0.1) is 0 Å². The summed E-state index contributed by atoms with van der Waals surface area (Å²) in [6.07, 6.45) is 8.36. The Morgan fingerprint density at radius 2 is 1.82 bits per heavy atom. The molecule has 6 rings (SSSR count). The topological polar surface area (TPSA) is 192 Å². The van der Waals surface area contributed by atoms with Crippen LogP contribution in [0.5, 0.6) is 0 Å². The van der Waals surface area contributed by atoms with Crippen LogP contribution in [-0.4, -0.2) is 111 Å². The molecule has 314 valence electrons. The number of carbonyl (C=O) groups is 1. The Labute approximate surface area is 331 Å². The van der Waals surface area contributed by atoms with E-state index in [1.807, 2.05) is 26.0 Å². The molecule has 16 atom stereocenters. The minimum absolute atomic E-state index is 0.00491. The molecule has 1 spiro atoms. The van der Waals surface area contributed by atoms with E-state index >= 15 is 0 Å². The smallest absolute Gasteiger partial charge is 0.333 e. The van der Waals surface area contributed by atoms with Gasteiger partial charge in [-0.05, 0) is 55.9 Å². The largest absolute Gasteiger partial charge is 0.462 e. The van der Waals surface area contributed by atoms with Crippen molar-refractivity contribution in [3.63, 3.8) is 0 Å². The Hall–Kier alpha value is -2.28. The molecule has 14 nitrogen and oxygen atoms in total. The predicted octanol–water partition coefficient (Wildman–Crippen LogP) is 4.07. The zero-order chi connectivity index (χ0) is 40.7. The Balaban J connectivity index is 1.37. The Morgan fingerprint density at radius 3 is 2.52 bits per heavy atom. The van der Waals surface area contributed by atoms with Gasteiger partial charge in [0.1, 0.15) is 35.9 Å². The highest BCUT2D eigenvalue weighted by Gasteiger charge is 2.60. The molecular weight excluding hydrogens is 747 g/mol. The molecule has 3 fully saturated rings. The molecular formula is C41H61NO13S. The summed E-state index contributed by atoms with van der Waals surface area (Å²) in [7, 11) is -2.81. The number of methoxy groups -OCH3 is 1. The van der Waals surface area contributed by atoms with Crippen LogP contribution < -0.4 is 5.14 Å². The van der Waals surface area contributed by atoms with Gasteiger partial charge in [-0.2, -0.15) is 8.42 Å². The predicted molar refractivity (Wildman–Crippen MR) is 205 cm³/mol. The van der Waals surface area contributed by atoms with E-state index in [1.54, 1.807) is 32.1 Å². The maximum Gasteiger partial charge on any atom is 0.333 e. The van der Waals surface area contributed by atoms with Crippen molar-refractivity contribution in [2.75, 3.05) is 13.7 Å². The van der Waals surface area contributed by atoms with E-state index < -0.39 is 88.7 Å². The fourth-order valence-corrected chi connectivity index (χ4v) is 9.74. The number of aliphatic hydroxyl groups is 2. The number of allylic oxidation sites excluding steroid dienone is 2. The summed E-state index contributed by atoms with van der Waals surface area (Å²) < 4.78 is 73.2. The number of fused-ring (bicyclic) bond motifs is 2. The first-order valence-electron chi connectivity index (χ1n) is 19.9. The van der Waals surface area contributed by atoms with Gasteiger partial charge in [0, 0.05) is 38.2 Å². The van der Waals surface area contributed by atoms with Crippen molar-refractivity contribution in [3.8, 4) is 0 Å². The fourth-order valence-electron chi connectivity index (χ4n) is 9.15. The van der Waals surface area contributed by atoms with Crippen molar-refractivity contribution in [2.45, 2.75) is 153 Å². The molecule has 2 unspecified atom stereocenters. The number of nitrogens with two attached hydrogens (primary N) is 1. The second kappa shape index (κ2) is 17.1. The molecule has 0 aromatic heterocycles. The molecule has 0 amide bonds. The Bertz CT molecular complexity index is 1710. The molecule has 15 heteroatoms. The number of hydrogen-bond donors (Lipinski definition) is 3. The normalized spacial score (nSPS) is 46.4. The van der Waals surface area contributed by atoms with Crippen molar-refractivity contribution in [1.29, 1.82) is 0 Å². The highest BCUT2D eigenvalue weighted by molar-refractivity contribution is 7.84. The number of hydrogen-bond acceptors (Lipinski definition) is 13. The second-order valence-electron chi connectivity index (χ2n) is 16.6. The van der Waals surface area contributed by atoms with Gasteiger partial charge in [0.15, 0.2) is 12.1 Å². The summed E-state index contributed by atoms with van der Waals surface area (Å²) in [4.78, 5) is 14.3. The summed E-state index contributed by atoms with van der Waals surface area (Å²) in [5, 5.41) is 28.7. The molecule has 6 aliphatic rings. The van der Waals surface area contributed by atoms with Crippen LogP contribution in [0.1, 0.15) is 80.6 Å². The van der Waals surface area contributed by atoms with Crippen LogP contribution in [0.2, 0.25) is 0 Å². The molecule has 0 aromatic carbocycles. The standard InChI is InChI=1S/C41H61NO13S/c1-9-22(2)36-25(5)15-16-40(54-36)20-30-18-29(53-40)14-13-24(4)35(52-33-19-32(48-8)37(27(7)50-33)55-56(42,46)47)23(3)11-10-12-28-21-49-38-34(43)26(6)17-31(39(44)51-30)41(28,38)45/h10-13,15-17,22-23,25,27,29-38,43,45H,9,14,18-21H2,1-8H3,(H2,42,46,47)/b11-10+,24-13+,28-12+/t22?,23-,25-,27-,29+,30-,31-,32-,33-,34+,35-,36+,37+,38+,40?,41+/m0/s1. The van der Waals surface area contributed by atoms with Crippen molar-refractivity contribution >= 4 is 16.3 Å². The SMILES string of the molecule is CCC(C)[C@H]1OC2(C=C[C@@H]1C)C[C@@H]1C[C@@H](C/C=C(\C)[C@@H](O[C@H]3C[C@H](OC)[C@H](OS(N)(=O)=O)[C@H](C)O3)[C@@H](C)/C=C/C=C3\CO[C@@H]4[C@H](O)C(C)=C[C@@H](C(=O)O1)[C@]34O)O2. The minimum atomic E-state index is -4.27. The zero-order valence-electron chi connectivity index (χ0n) is 33.7. The Kier molecular flexibility index (Phi) is 13.2. The highest BCUT2D eigenvalue weighted by Crippen LogP contribution is 2.47. The molecule has 4 N–H and O–H groups in total. The summed E-state index contributed by atoms with van der Waals surface area (Å²) in [5.74, 6) is -2.72. The monoisotopic (exact) mass is 807 g/mol. The molecule has 0 saturated carbocycles. The van der Waals surface area contributed by atoms with Gasteiger partial charge in [-0.25, -0.2) is 9.32 Å². The van der Waals surface area contributed by atoms with E-state index in [1.165, 1.54) is 7.11 Å². The van der Waals surface area contributed by atoms with Crippen molar-refractivity contribution < 1.29 is 60.8 Å². The maximum atomic E-state index is 14.3. The molecule has 0 aromatic rings. The molecule has 5 aliphatic heterocycles. The lowest BCUT2D eigenvalue weighted by molar-refractivity contribution is -0.300. The van der Waals surface area contributed by atoms with Crippen molar-refractivity contribution in [2.24, 2.45) is 28.8 Å². The van der Waals surface area contributed by atoms with E-state index in [0.29, 0.717) is 24.0 Å². The zero-order valence-corrected chi connectivity index (χ0v) is 34.6. The molecule has 56 heavy (non-hydrogen) atoms. The van der Waals surface area contributed by atoms with Crippen LogP contribution in [0.25, 0.3) is 0 Å². The molecule has 0 radical (unpaired) electrons. The average Bonchev–Trinajstić information content (AvgIpc) is 3.48. The molecule has 1 aliphatic carbocycles. The molecule has 3 saturated heterocycles. The van der Waals surface area contributed by atoms with Gasteiger partial charge in [-0.3, -0.25) is 4.79 Å². The van der Waals surface area contributed by atoms with E-state index in [2.05, 4.69) is 32.9 Å². The number of ether oxygens (including phenoxy) is 7. The maximum absolute atomic E-state index is 14.3. The van der Waals surface area contributed by atoms with E-state index in [4.69, 9.17) is 42.5 Å². The van der Waals surface area contributed by atoms with Gasteiger partial charge >= 0.3 is 16.3 Å². The third-order valence-electron chi connectivity index (χ3n) is 12.5. The lowest BCUT2D eigenvalue weighted by atomic mass is 9.71. The van der Waals surface area contributed by atoms with E-state index in [0.717, 1.165) is 12.0 Å². The third kappa shape index (κ3) is 8.98. The lowest BCUT2D eigenvalue weighted by Gasteiger charge is -2.48. The van der Waals surface area contributed by atoms with E-state index in [-0.39, 0.29) is 43.3 Å². The summed E-state index contributed by atoms with van der Waals surface area (Å²) in [5.41, 5.74) is -0.0167. The van der Waals surface area contributed by atoms with Crippen molar-refractivity contribution in [1.82, 2.24) is 0 Å². The van der Waals surface area contributed by atoms with E-state index in [9.17, 15) is 23.4 Å². The van der Waals surface area contributed by atoms with Crippen LogP contribution in [0, 0.1) is 23.7 Å². The number of rotatable bonds is 7. The van der Waals surface area contributed by atoms with Crippen LogP contribution in [0.15, 0.2) is 59.3 Å². The first kappa shape index (κ1) is 43.3. The molecule has 5 heterocycles. The highest BCUT2D eigenvalue weighted by atomic mass is 32.2. The Morgan fingerprint density at radius 1 is 1.07 bits per heavy atom. The number of esters is 1. The summed E-state index contributed by atoms with van der Waals surface area (Å²) >= 11 is 0. The van der Waals surface area contributed by atoms with Crippen LogP contribution in [-0.2, 0) is 52.4 Å². The lowest BCUT2D eigenvalue weighted by Crippen LogP contribution is -2.58. The number of aliphatic hydroxyl groups excluding tert-OH is 1. The second-order valence-corrected chi connectivity index (χ2v) is 17.8. The first-order valence-corrected chi connectivity index (χ1v) is 21.4. The third-order valence-corrected chi connectivity index (χ3v) is 13.0. The minimum Gasteiger partial charge on any atom is -0.462 e. The van der Waals surface area contributed by atoms with Gasteiger partial charge in [0.2, 0.25) is 0 Å². The van der Waals surface area contributed by atoms with Crippen LogP contribution in [0.3, 0.4) is 0 Å². The van der Waals surface area contributed by atoms with Gasteiger partial charge in [-0.1, -0.05) is 70.6 Å². The summed E-state index contributed by atoms with van der Waals surface area (Å²) in [6, 6.07) is 0. The van der Waals surface area contributed by atoms with Crippen molar-refractivity contribution in [3.05, 3.63) is 59.3 Å². The average molecular weight is 808 g/mol. The first-order chi connectivity index (χ1) is 26.4. The van der Waals surface area contributed by atoms with Gasteiger partial charge in [0.25, 0.3) is 0 Å². The number of carbonyl (C=O) groups excluding carboxylic acids is 1. The van der Waals surface area contributed by atoms with Gasteiger partial charge < -0.3 is 43.4 Å². The molecule has 2 bridgehead atoms. The van der Waals surface area contributed by atoms with Crippen LogP contribution >= 0.6 is 0 Å². The summed E-state index contributed by atoms with van der Waals surface area (Å²) in [6.45, 7) is 13.8. The fraction of sp³-hybridized carbons (Fsp3) is 0.732. The van der Waals surface area contributed by atoms with Crippen LogP contribution in [0.4, 0.5) is 0 Å².